The van der Waals surface area contributed by atoms with Crippen molar-refractivity contribution < 1.29 is 9.59 Å². The molecule has 0 saturated heterocycles. The average molecular weight is 262 g/mol. The van der Waals surface area contributed by atoms with Gasteiger partial charge in [0.25, 0.3) is 0 Å². The molecule has 104 valence electrons. The van der Waals surface area contributed by atoms with Crippen molar-refractivity contribution in [2.24, 2.45) is 0 Å². The van der Waals surface area contributed by atoms with E-state index in [9.17, 15) is 9.59 Å². The molecule has 1 aromatic carbocycles. The predicted octanol–water partition coefficient (Wildman–Crippen LogP) is 2.45. The third-order valence-corrected chi connectivity index (χ3v) is 2.83. The van der Waals surface area contributed by atoms with Crippen LogP contribution >= 0.6 is 0 Å². The van der Waals surface area contributed by atoms with Crippen molar-refractivity contribution in [1.82, 2.24) is 5.32 Å². The molecule has 0 unspecified atom stereocenters. The number of carbonyl (C=O) groups excluding carboxylic acids is 2. The lowest BCUT2D eigenvalue weighted by Crippen LogP contribution is -2.40. The highest BCUT2D eigenvalue weighted by atomic mass is 16.2. The summed E-state index contributed by atoms with van der Waals surface area (Å²) in [5.41, 5.74) is 2.03. The fraction of sp³-hybridized carbons (Fsp3) is 0.467. The molecule has 4 nitrogen and oxygen atoms in total. The molecule has 0 aliphatic carbocycles. The maximum Gasteiger partial charge on any atom is 0.246 e. The Balaban J connectivity index is 2.68. The van der Waals surface area contributed by atoms with E-state index in [1.807, 2.05) is 24.3 Å². The van der Waals surface area contributed by atoms with Crippen LogP contribution in [-0.2, 0) is 15.0 Å². The monoisotopic (exact) mass is 262 g/mol. The first-order valence-electron chi connectivity index (χ1n) is 6.38. The summed E-state index contributed by atoms with van der Waals surface area (Å²) in [6, 6.07) is 7.20. The number of hydrogen-bond donors (Lipinski definition) is 2. The molecule has 1 rings (SSSR count). The molecule has 2 amide bonds. The summed E-state index contributed by atoms with van der Waals surface area (Å²) in [6.07, 6.45) is 0. The molecule has 0 fully saturated rings. The zero-order valence-electron chi connectivity index (χ0n) is 12.2. The Morgan fingerprint density at radius 3 is 2.05 bits per heavy atom. The summed E-state index contributed by atoms with van der Waals surface area (Å²) in [5, 5.41) is 5.32. The summed E-state index contributed by atoms with van der Waals surface area (Å²) >= 11 is 0. The standard InChI is InChI=1S/C15H22N2O2/c1-10(16-11(2)18)14(19)17-13-8-6-12(7-9-13)15(3,4)5/h6-10H,1-5H3,(H,16,18)(H,17,19)/t10-/m1/s1. The molecule has 2 N–H and O–H groups in total. The van der Waals surface area contributed by atoms with Gasteiger partial charge in [0, 0.05) is 12.6 Å². The summed E-state index contributed by atoms with van der Waals surface area (Å²) in [4.78, 5) is 22.7. The Kier molecular flexibility index (Phi) is 4.70. The topological polar surface area (TPSA) is 58.2 Å². The van der Waals surface area contributed by atoms with Crippen LogP contribution in [0.2, 0.25) is 0 Å². The zero-order chi connectivity index (χ0) is 14.6. The van der Waals surface area contributed by atoms with E-state index in [0.717, 1.165) is 5.69 Å². The van der Waals surface area contributed by atoms with Crippen molar-refractivity contribution in [1.29, 1.82) is 0 Å². The van der Waals surface area contributed by atoms with Gasteiger partial charge in [-0.25, -0.2) is 0 Å². The van der Waals surface area contributed by atoms with Crippen molar-refractivity contribution in [3.05, 3.63) is 29.8 Å². The Hall–Kier alpha value is -1.84. The molecule has 0 aliphatic rings. The van der Waals surface area contributed by atoms with E-state index in [2.05, 4.69) is 31.4 Å². The largest absolute Gasteiger partial charge is 0.345 e. The van der Waals surface area contributed by atoms with E-state index < -0.39 is 6.04 Å². The van der Waals surface area contributed by atoms with Crippen LogP contribution in [0, 0.1) is 0 Å². The third kappa shape index (κ3) is 4.73. The minimum atomic E-state index is -0.542. The first kappa shape index (κ1) is 15.2. The van der Waals surface area contributed by atoms with E-state index in [4.69, 9.17) is 0 Å². The number of nitrogens with one attached hydrogen (secondary N) is 2. The van der Waals surface area contributed by atoms with Gasteiger partial charge in [0.05, 0.1) is 0 Å². The highest BCUT2D eigenvalue weighted by molar-refractivity contribution is 5.96. The number of rotatable bonds is 3. The fourth-order valence-corrected chi connectivity index (χ4v) is 1.67. The summed E-state index contributed by atoms with van der Waals surface area (Å²) in [5.74, 6) is -0.440. The number of carbonyl (C=O) groups is 2. The number of hydrogen-bond acceptors (Lipinski definition) is 2. The molecule has 1 atom stereocenters. The lowest BCUT2D eigenvalue weighted by Gasteiger charge is -2.19. The molecular weight excluding hydrogens is 240 g/mol. The van der Waals surface area contributed by atoms with Gasteiger partial charge in [0.2, 0.25) is 11.8 Å². The molecular formula is C15H22N2O2. The molecule has 19 heavy (non-hydrogen) atoms. The minimum absolute atomic E-state index is 0.0893. The van der Waals surface area contributed by atoms with Gasteiger partial charge >= 0.3 is 0 Å². The van der Waals surface area contributed by atoms with Gasteiger partial charge in [-0.3, -0.25) is 9.59 Å². The van der Waals surface area contributed by atoms with Gasteiger partial charge < -0.3 is 10.6 Å². The quantitative estimate of drug-likeness (QED) is 0.879. The summed E-state index contributed by atoms with van der Waals surface area (Å²) < 4.78 is 0. The molecule has 1 aromatic rings. The SMILES string of the molecule is CC(=O)N[C@H](C)C(=O)Nc1ccc(C(C)(C)C)cc1. The molecule has 0 saturated carbocycles. The molecule has 4 heteroatoms. The highest BCUT2D eigenvalue weighted by Gasteiger charge is 2.15. The van der Waals surface area contributed by atoms with Crippen LogP contribution in [0.4, 0.5) is 5.69 Å². The van der Waals surface area contributed by atoms with Gasteiger partial charge in [-0.1, -0.05) is 32.9 Å². The minimum Gasteiger partial charge on any atom is -0.345 e. The van der Waals surface area contributed by atoms with Crippen LogP contribution in [0.25, 0.3) is 0 Å². The first-order chi connectivity index (χ1) is 8.70. The second-order valence-electron chi connectivity index (χ2n) is 5.74. The Labute approximate surface area is 114 Å². The van der Waals surface area contributed by atoms with Gasteiger partial charge in [0.1, 0.15) is 6.04 Å². The number of amides is 2. The van der Waals surface area contributed by atoms with Gasteiger partial charge in [-0.2, -0.15) is 0 Å². The Bertz CT molecular complexity index is 458. The molecule has 0 spiro atoms. The zero-order valence-corrected chi connectivity index (χ0v) is 12.2. The third-order valence-electron chi connectivity index (χ3n) is 2.83. The van der Waals surface area contributed by atoms with Gasteiger partial charge in [0.15, 0.2) is 0 Å². The van der Waals surface area contributed by atoms with E-state index in [0.29, 0.717) is 0 Å². The first-order valence-corrected chi connectivity index (χ1v) is 6.38. The lowest BCUT2D eigenvalue weighted by atomic mass is 9.87. The summed E-state index contributed by atoms with van der Waals surface area (Å²) in [6.45, 7) is 9.46. The van der Waals surface area contributed by atoms with Crippen LogP contribution in [0.15, 0.2) is 24.3 Å². The number of anilines is 1. The Morgan fingerprint density at radius 1 is 1.11 bits per heavy atom. The van der Waals surface area contributed by atoms with Gasteiger partial charge in [-0.15, -0.1) is 0 Å². The van der Waals surface area contributed by atoms with E-state index in [1.54, 1.807) is 6.92 Å². The molecule has 0 aliphatic heterocycles. The molecule has 0 aromatic heterocycles. The highest BCUT2D eigenvalue weighted by Crippen LogP contribution is 2.23. The smallest absolute Gasteiger partial charge is 0.246 e. The van der Waals surface area contributed by atoms with E-state index in [1.165, 1.54) is 12.5 Å². The second-order valence-corrected chi connectivity index (χ2v) is 5.74. The average Bonchev–Trinajstić information content (AvgIpc) is 2.27. The fourth-order valence-electron chi connectivity index (χ4n) is 1.67. The van der Waals surface area contributed by atoms with Crippen LogP contribution in [0.3, 0.4) is 0 Å². The maximum atomic E-state index is 11.8. The van der Waals surface area contributed by atoms with Crippen molar-refractivity contribution in [3.63, 3.8) is 0 Å². The molecule has 0 radical (unpaired) electrons. The van der Waals surface area contributed by atoms with Gasteiger partial charge in [-0.05, 0) is 30.0 Å². The molecule has 0 bridgehead atoms. The van der Waals surface area contributed by atoms with Crippen LogP contribution in [0.5, 0.6) is 0 Å². The predicted molar refractivity (Wildman–Crippen MR) is 77.1 cm³/mol. The van der Waals surface area contributed by atoms with Crippen molar-refractivity contribution in [2.75, 3.05) is 5.32 Å². The van der Waals surface area contributed by atoms with Crippen LogP contribution in [-0.4, -0.2) is 17.9 Å². The Morgan fingerprint density at radius 2 is 1.63 bits per heavy atom. The van der Waals surface area contributed by atoms with Crippen LogP contribution < -0.4 is 10.6 Å². The summed E-state index contributed by atoms with van der Waals surface area (Å²) in [7, 11) is 0. The van der Waals surface area contributed by atoms with Crippen molar-refractivity contribution in [2.45, 2.75) is 46.1 Å². The van der Waals surface area contributed by atoms with Crippen LogP contribution in [0.1, 0.15) is 40.2 Å². The van der Waals surface area contributed by atoms with Crippen molar-refractivity contribution in [3.8, 4) is 0 Å². The molecule has 0 heterocycles. The second kappa shape index (κ2) is 5.87. The number of benzene rings is 1. The maximum absolute atomic E-state index is 11.8. The normalized spacial score (nSPS) is 12.7. The van der Waals surface area contributed by atoms with E-state index in [-0.39, 0.29) is 17.2 Å². The van der Waals surface area contributed by atoms with Crippen molar-refractivity contribution >= 4 is 17.5 Å². The lowest BCUT2D eigenvalue weighted by molar-refractivity contribution is -0.124. The van der Waals surface area contributed by atoms with E-state index >= 15 is 0 Å².